The second kappa shape index (κ2) is 6.71. The number of methoxy groups -OCH3 is 1. The van der Waals surface area contributed by atoms with Crippen molar-refractivity contribution < 1.29 is 19.1 Å². The summed E-state index contributed by atoms with van der Waals surface area (Å²) in [6, 6.07) is -0.687. The lowest BCUT2D eigenvalue weighted by Gasteiger charge is -2.10. The standard InChI is InChI=1S/C7H12BrNO4/c1-5(6(10)12-2)9-7(11)13-4-3-8/h5H,3-4H2,1-2H3,(H,9,11)/t5-/m0/s1. The Hall–Kier alpha value is -0.780. The van der Waals surface area contributed by atoms with Gasteiger partial charge in [0.15, 0.2) is 0 Å². The molecule has 5 nitrogen and oxygen atoms in total. The van der Waals surface area contributed by atoms with Crippen LogP contribution in [0.4, 0.5) is 4.79 Å². The molecule has 0 aliphatic carbocycles. The Labute approximate surface area is 84.9 Å². The fraction of sp³-hybridized carbons (Fsp3) is 0.714. The molecule has 0 heterocycles. The van der Waals surface area contributed by atoms with E-state index in [1.165, 1.54) is 14.0 Å². The van der Waals surface area contributed by atoms with Crippen molar-refractivity contribution in [2.24, 2.45) is 0 Å². The number of hydrogen-bond donors (Lipinski definition) is 1. The zero-order valence-corrected chi connectivity index (χ0v) is 9.09. The molecule has 1 amide bonds. The lowest BCUT2D eigenvalue weighted by molar-refractivity contribution is -0.142. The van der Waals surface area contributed by atoms with Gasteiger partial charge in [-0.1, -0.05) is 15.9 Å². The SMILES string of the molecule is COC(=O)[C@H](C)NC(=O)OCCBr. The maximum Gasteiger partial charge on any atom is 0.407 e. The molecule has 6 heteroatoms. The minimum atomic E-state index is -0.687. The first-order valence-electron chi connectivity index (χ1n) is 3.69. The van der Waals surface area contributed by atoms with Gasteiger partial charge in [0.2, 0.25) is 0 Å². The summed E-state index contributed by atoms with van der Waals surface area (Å²) in [4.78, 5) is 21.7. The van der Waals surface area contributed by atoms with E-state index in [0.717, 1.165) is 0 Å². The van der Waals surface area contributed by atoms with Crippen molar-refractivity contribution in [3.8, 4) is 0 Å². The minimum absolute atomic E-state index is 0.264. The van der Waals surface area contributed by atoms with Crippen LogP contribution in [0.1, 0.15) is 6.92 Å². The number of halogens is 1. The summed E-state index contributed by atoms with van der Waals surface area (Å²) in [5.41, 5.74) is 0. The summed E-state index contributed by atoms with van der Waals surface area (Å²) in [6.45, 7) is 1.78. The fourth-order valence-electron chi connectivity index (χ4n) is 0.585. The predicted octanol–water partition coefficient (Wildman–Crippen LogP) is 0.669. The van der Waals surface area contributed by atoms with E-state index >= 15 is 0 Å². The second-order valence-corrected chi connectivity index (χ2v) is 3.01. The van der Waals surface area contributed by atoms with Crippen LogP contribution in [-0.2, 0) is 14.3 Å². The van der Waals surface area contributed by atoms with Gasteiger partial charge in [-0.2, -0.15) is 0 Å². The van der Waals surface area contributed by atoms with Crippen LogP contribution in [0, 0.1) is 0 Å². The maximum absolute atomic E-state index is 10.9. The van der Waals surface area contributed by atoms with E-state index in [1.807, 2.05) is 0 Å². The number of nitrogens with one attached hydrogen (secondary N) is 1. The van der Waals surface area contributed by atoms with Gasteiger partial charge in [-0.3, -0.25) is 0 Å². The van der Waals surface area contributed by atoms with Crippen LogP contribution in [0.25, 0.3) is 0 Å². The van der Waals surface area contributed by atoms with Crippen molar-refractivity contribution >= 4 is 28.0 Å². The van der Waals surface area contributed by atoms with Crippen LogP contribution < -0.4 is 5.32 Å². The van der Waals surface area contributed by atoms with Crippen molar-refractivity contribution in [3.05, 3.63) is 0 Å². The van der Waals surface area contributed by atoms with E-state index in [-0.39, 0.29) is 6.61 Å². The molecule has 13 heavy (non-hydrogen) atoms. The molecular weight excluding hydrogens is 242 g/mol. The zero-order chi connectivity index (χ0) is 10.3. The van der Waals surface area contributed by atoms with Gasteiger partial charge in [-0.25, -0.2) is 9.59 Å². The van der Waals surface area contributed by atoms with Crippen molar-refractivity contribution in [2.45, 2.75) is 13.0 Å². The lowest BCUT2D eigenvalue weighted by Crippen LogP contribution is -2.39. The van der Waals surface area contributed by atoms with Gasteiger partial charge in [0.25, 0.3) is 0 Å². The normalized spacial score (nSPS) is 11.6. The molecule has 76 valence electrons. The smallest absolute Gasteiger partial charge is 0.407 e. The van der Waals surface area contributed by atoms with E-state index < -0.39 is 18.1 Å². The number of rotatable bonds is 4. The predicted molar refractivity (Wildman–Crippen MR) is 49.8 cm³/mol. The monoisotopic (exact) mass is 253 g/mol. The Morgan fingerprint density at radius 2 is 2.15 bits per heavy atom. The first-order valence-corrected chi connectivity index (χ1v) is 4.81. The molecule has 0 fully saturated rings. The first kappa shape index (κ1) is 12.2. The highest BCUT2D eigenvalue weighted by Gasteiger charge is 2.15. The average Bonchev–Trinajstić information content (AvgIpc) is 2.13. The Morgan fingerprint density at radius 1 is 1.54 bits per heavy atom. The van der Waals surface area contributed by atoms with Crippen molar-refractivity contribution in [1.82, 2.24) is 5.32 Å². The number of hydrogen-bond acceptors (Lipinski definition) is 4. The topological polar surface area (TPSA) is 64.6 Å². The molecule has 1 atom stereocenters. The molecular formula is C7H12BrNO4. The third kappa shape index (κ3) is 5.46. The molecule has 1 N–H and O–H groups in total. The third-order valence-corrected chi connectivity index (χ3v) is 1.52. The lowest BCUT2D eigenvalue weighted by atomic mass is 10.3. The molecule has 0 aromatic carbocycles. The molecule has 0 saturated heterocycles. The summed E-state index contributed by atoms with van der Waals surface area (Å²) in [7, 11) is 1.25. The quantitative estimate of drug-likeness (QED) is 0.591. The van der Waals surface area contributed by atoms with E-state index in [1.54, 1.807) is 0 Å². The third-order valence-electron chi connectivity index (χ3n) is 1.20. The largest absolute Gasteiger partial charge is 0.467 e. The minimum Gasteiger partial charge on any atom is -0.467 e. The van der Waals surface area contributed by atoms with Gasteiger partial charge in [-0.05, 0) is 6.92 Å². The Balaban J connectivity index is 3.71. The molecule has 0 spiro atoms. The van der Waals surface area contributed by atoms with Crippen LogP contribution in [0.3, 0.4) is 0 Å². The van der Waals surface area contributed by atoms with Crippen molar-refractivity contribution in [2.75, 3.05) is 19.0 Å². The van der Waals surface area contributed by atoms with Gasteiger partial charge in [0.05, 0.1) is 7.11 Å². The number of esters is 1. The number of carbonyl (C=O) groups excluding carboxylic acids is 2. The van der Waals surface area contributed by atoms with Crippen LogP contribution in [0.2, 0.25) is 0 Å². The fourth-order valence-corrected chi connectivity index (χ4v) is 0.747. The molecule has 0 unspecified atom stereocenters. The number of alkyl carbamates (subject to hydrolysis) is 1. The molecule has 0 aliphatic rings. The highest BCUT2D eigenvalue weighted by atomic mass is 79.9. The van der Waals surface area contributed by atoms with Crippen LogP contribution in [0.15, 0.2) is 0 Å². The number of carbonyl (C=O) groups is 2. The maximum atomic E-state index is 10.9. The van der Waals surface area contributed by atoms with Gasteiger partial charge in [-0.15, -0.1) is 0 Å². The van der Waals surface area contributed by atoms with Gasteiger partial charge in [0, 0.05) is 5.33 Å². The highest BCUT2D eigenvalue weighted by Crippen LogP contribution is 1.88. The number of alkyl halides is 1. The molecule has 0 aromatic heterocycles. The average molecular weight is 254 g/mol. The summed E-state index contributed by atoms with van der Waals surface area (Å²) >= 11 is 3.09. The van der Waals surface area contributed by atoms with Gasteiger partial charge < -0.3 is 14.8 Å². The summed E-state index contributed by atoms with van der Waals surface area (Å²) in [5.74, 6) is -0.504. The highest BCUT2D eigenvalue weighted by molar-refractivity contribution is 9.09. The van der Waals surface area contributed by atoms with Crippen LogP contribution in [0.5, 0.6) is 0 Å². The van der Waals surface area contributed by atoms with E-state index in [0.29, 0.717) is 5.33 Å². The second-order valence-electron chi connectivity index (χ2n) is 2.21. The van der Waals surface area contributed by atoms with E-state index in [2.05, 4.69) is 30.7 Å². The van der Waals surface area contributed by atoms with E-state index in [9.17, 15) is 9.59 Å². The zero-order valence-electron chi connectivity index (χ0n) is 7.50. The van der Waals surface area contributed by atoms with E-state index in [4.69, 9.17) is 0 Å². The molecule has 0 saturated carbocycles. The molecule has 0 radical (unpaired) electrons. The van der Waals surface area contributed by atoms with Crippen LogP contribution in [-0.4, -0.2) is 37.2 Å². The molecule has 0 bridgehead atoms. The molecule has 0 aromatic rings. The van der Waals surface area contributed by atoms with Crippen molar-refractivity contribution in [1.29, 1.82) is 0 Å². The summed E-state index contributed by atoms with van der Waals surface area (Å²) in [6.07, 6.45) is -0.627. The Morgan fingerprint density at radius 3 is 2.62 bits per heavy atom. The Kier molecular flexibility index (Phi) is 6.30. The first-order chi connectivity index (χ1) is 6.11. The Bertz CT molecular complexity index is 185. The summed E-state index contributed by atoms with van der Waals surface area (Å²) in [5, 5.41) is 2.87. The molecule has 0 rings (SSSR count). The summed E-state index contributed by atoms with van der Waals surface area (Å²) < 4.78 is 9.05. The van der Waals surface area contributed by atoms with Crippen molar-refractivity contribution in [3.63, 3.8) is 0 Å². The van der Waals surface area contributed by atoms with Crippen LogP contribution >= 0.6 is 15.9 Å². The number of amides is 1. The van der Waals surface area contributed by atoms with Gasteiger partial charge in [0.1, 0.15) is 12.6 Å². The number of ether oxygens (including phenoxy) is 2. The molecule has 0 aliphatic heterocycles. The van der Waals surface area contributed by atoms with Gasteiger partial charge >= 0.3 is 12.1 Å².